The van der Waals surface area contributed by atoms with Crippen LogP contribution in [0.25, 0.3) is 11.3 Å². The molecular formula is C17H22FN3OS. The molecule has 0 bridgehead atoms. The third-order valence-corrected chi connectivity index (χ3v) is 4.32. The maximum Gasteiger partial charge on any atom is 0.228 e. The number of hydrogen-bond donors (Lipinski definition) is 0. The summed E-state index contributed by atoms with van der Waals surface area (Å²) in [6.07, 6.45) is 1.34. The smallest absolute Gasteiger partial charge is 0.228 e. The van der Waals surface area contributed by atoms with Gasteiger partial charge in [0.15, 0.2) is 5.13 Å². The van der Waals surface area contributed by atoms with Crippen molar-refractivity contribution in [1.29, 1.82) is 0 Å². The molecule has 0 aliphatic carbocycles. The van der Waals surface area contributed by atoms with Gasteiger partial charge < -0.3 is 4.90 Å². The molecule has 0 radical (unpaired) electrons. The molecule has 1 heterocycles. The van der Waals surface area contributed by atoms with Crippen molar-refractivity contribution < 1.29 is 9.18 Å². The molecule has 1 amide bonds. The van der Waals surface area contributed by atoms with Gasteiger partial charge in [-0.2, -0.15) is 0 Å². The van der Waals surface area contributed by atoms with Crippen LogP contribution < -0.4 is 4.90 Å². The molecule has 0 fully saturated rings. The molecule has 1 aromatic heterocycles. The van der Waals surface area contributed by atoms with Crippen molar-refractivity contribution in [2.24, 2.45) is 0 Å². The van der Waals surface area contributed by atoms with Crippen molar-refractivity contribution in [3.05, 3.63) is 35.5 Å². The largest absolute Gasteiger partial charge is 0.309 e. The highest BCUT2D eigenvalue weighted by molar-refractivity contribution is 7.14. The summed E-state index contributed by atoms with van der Waals surface area (Å²) >= 11 is 1.45. The predicted molar refractivity (Wildman–Crippen MR) is 93.3 cm³/mol. The van der Waals surface area contributed by atoms with Crippen molar-refractivity contribution in [3.8, 4) is 11.3 Å². The van der Waals surface area contributed by atoms with Crippen LogP contribution in [0.15, 0.2) is 29.6 Å². The number of hydrogen-bond acceptors (Lipinski definition) is 4. The number of nitrogens with zero attached hydrogens (tertiary/aromatic N) is 3. The number of benzene rings is 1. The van der Waals surface area contributed by atoms with Gasteiger partial charge in [-0.25, -0.2) is 9.37 Å². The third-order valence-electron chi connectivity index (χ3n) is 3.45. The van der Waals surface area contributed by atoms with Gasteiger partial charge in [0.25, 0.3) is 0 Å². The van der Waals surface area contributed by atoms with Gasteiger partial charge in [-0.1, -0.05) is 6.92 Å². The van der Waals surface area contributed by atoms with E-state index in [-0.39, 0.29) is 11.7 Å². The van der Waals surface area contributed by atoms with Crippen LogP contribution in [0.2, 0.25) is 0 Å². The number of amides is 1. The molecule has 0 aliphatic heterocycles. The molecule has 0 spiro atoms. The highest BCUT2D eigenvalue weighted by Gasteiger charge is 2.17. The van der Waals surface area contributed by atoms with Crippen LogP contribution in [0.4, 0.5) is 9.52 Å². The number of aromatic nitrogens is 1. The van der Waals surface area contributed by atoms with Crippen LogP contribution in [0.5, 0.6) is 0 Å². The lowest BCUT2D eigenvalue weighted by atomic mass is 10.2. The Bertz CT molecular complexity index is 640. The van der Waals surface area contributed by atoms with E-state index >= 15 is 0 Å². The average molecular weight is 335 g/mol. The molecule has 0 saturated carbocycles. The van der Waals surface area contributed by atoms with E-state index < -0.39 is 0 Å². The standard InChI is InChI=1S/C17H22FN3OS/c1-4-16(22)21(11-5-10-20(2)3)17-19-15(12-23-17)13-6-8-14(18)9-7-13/h6-9,12H,4-5,10-11H2,1-3H3. The molecular weight excluding hydrogens is 313 g/mol. The fraction of sp³-hybridized carbons (Fsp3) is 0.412. The van der Waals surface area contributed by atoms with Crippen LogP contribution in [0, 0.1) is 5.82 Å². The summed E-state index contributed by atoms with van der Waals surface area (Å²) in [6, 6.07) is 6.24. The lowest BCUT2D eigenvalue weighted by Crippen LogP contribution is -2.32. The molecule has 0 aliphatic rings. The van der Waals surface area contributed by atoms with E-state index in [2.05, 4.69) is 9.88 Å². The Labute approximate surface area is 140 Å². The summed E-state index contributed by atoms with van der Waals surface area (Å²) in [6.45, 7) is 3.43. The monoisotopic (exact) mass is 335 g/mol. The van der Waals surface area contributed by atoms with Crippen molar-refractivity contribution in [2.45, 2.75) is 19.8 Å². The fourth-order valence-electron chi connectivity index (χ4n) is 2.20. The molecule has 0 unspecified atom stereocenters. The van der Waals surface area contributed by atoms with Crippen molar-refractivity contribution in [3.63, 3.8) is 0 Å². The second-order valence-corrected chi connectivity index (χ2v) is 6.41. The van der Waals surface area contributed by atoms with Gasteiger partial charge in [0.05, 0.1) is 5.69 Å². The molecule has 0 N–H and O–H groups in total. The van der Waals surface area contributed by atoms with Crippen LogP contribution in [-0.4, -0.2) is 43.0 Å². The average Bonchev–Trinajstić information content (AvgIpc) is 3.01. The molecule has 0 atom stereocenters. The normalized spacial score (nSPS) is 11.0. The van der Waals surface area contributed by atoms with Gasteiger partial charge in [-0.3, -0.25) is 9.69 Å². The minimum Gasteiger partial charge on any atom is -0.309 e. The molecule has 2 aromatic rings. The van der Waals surface area contributed by atoms with Crippen LogP contribution >= 0.6 is 11.3 Å². The maximum atomic E-state index is 13.0. The number of carbonyl (C=O) groups excluding carboxylic acids is 1. The predicted octanol–water partition coefficient (Wildman–Crippen LogP) is 3.64. The van der Waals surface area contributed by atoms with Gasteiger partial charge in [-0.05, 0) is 51.3 Å². The molecule has 2 rings (SSSR count). The van der Waals surface area contributed by atoms with Gasteiger partial charge >= 0.3 is 0 Å². The Morgan fingerprint density at radius 1 is 1.22 bits per heavy atom. The number of carbonyl (C=O) groups is 1. The molecule has 23 heavy (non-hydrogen) atoms. The first-order valence-electron chi connectivity index (χ1n) is 7.67. The first-order valence-corrected chi connectivity index (χ1v) is 8.55. The number of thiazole rings is 1. The van der Waals surface area contributed by atoms with Crippen molar-refractivity contribution in [2.75, 3.05) is 32.1 Å². The van der Waals surface area contributed by atoms with E-state index in [1.54, 1.807) is 17.0 Å². The summed E-state index contributed by atoms with van der Waals surface area (Å²) in [7, 11) is 4.03. The number of halogens is 1. The summed E-state index contributed by atoms with van der Waals surface area (Å²) in [5.74, 6) is -0.195. The SMILES string of the molecule is CCC(=O)N(CCCN(C)C)c1nc(-c2ccc(F)cc2)cs1. The second-order valence-electron chi connectivity index (χ2n) is 5.58. The number of rotatable bonds is 7. The maximum absolute atomic E-state index is 13.0. The van der Waals surface area contributed by atoms with Gasteiger partial charge in [-0.15, -0.1) is 11.3 Å². The van der Waals surface area contributed by atoms with E-state index in [0.29, 0.717) is 18.1 Å². The first kappa shape index (κ1) is 17.6. The van der Waals surface area contributed by atoms with E-state index in [4.69, 9.17) is 0 Å². The first-order chi connectivity index (χ1) is 11.0. The fourth-order valence-corrected chi connectivity index (χ4v) is 3.08. The highest BCUT2D eigenvalue weighted by atomic mass is 32.1. The summed E-state index contributed by atoms with van der Waals surface area (Å²) in [5.41, 5.74) is 1.62. The highest BCUT2D eigenvalue weighted by Crippen LogP contribution is 2.28. The van der Waals surface area contributed by atoms with Crippen molar-refractivity contribution in [1.82, 2.24) is 9.88 Å². The zero-order valence-corrected chi connectivity index (χ0v) is 14.6. The van der Waals surface area contributed by atoms with E-state index in [9.17, 15) is 9.18 Å². The Balaban J connectivity index is 2.15. The lowest BCUT2D eigenvalue weighted by molar-refractivity contribution is -0.118. The molecule has 4 nitrogen and oxygen atoms in total. The minimum atomic E-state index is -0.268. The van der Waals surface area contributed by atoms with E-state index in [0.717, 1.165) is 24.2 Å². The van der Waals surface area contributed by atoms with Crippen LogP contribution in [0.1, 0.15) is 19.8 Å². The quantitative estimate of drug-likeness (QED) is 0.775. The Hall–Kier alpha value is -1.79. The summed E-state index contributed by atoms with van der Waals surface area (Å²) in [4.78, 5) is 20.6. The van der Waals surface area contributed by atoms with Crippen LogP contribution in [0.3, 0.4) is 0 Å². The van der Waals surface area contributed by atoms with E-state index in [1.165, 1.54) is 23.5 Å². The van der Waals surface area contributed by atoms with Gasteiger partial charge in [0, 0.05) is 23.9 Å². The zero-order valence-electron chi connectivity index (χ0n) is 13.8. The molecule has 124 valence electrons. The molecule has 6 heteroatoms. The van der Waals surface area contributed by atoms with Crippen molar-refractivity contribution >= 4 is 22.4 Å². The zero-order chi connectivity index (χ0) is 16.8. The second kappa shape index (κ2) is 8.17. The topological polar surface area (TPSA) is 36.4 Å². The molecule has 1 aromatic carbocycles. The van der Waals surface area contributed by atoms with Gasteiger partial charge in [0.1, 0.15) is 5.82 Å². The van der Waals surface area contributed by atoms with Crippen LogP contribution in [-0.2, 0) is 4.79 Å². The summed E-state index contributed by atoms with van der Waals surface area (Å²) in [5, 5.41) is 2.61. The Morgan fingerprint density at radius 3 is 2.52 bits per heavy atom. The Kier molecular flexibility index (Phi) is 6.24. The third kappa shape index (κ3) is 4.84. The minimum absolute atomic E-state index is 0.0729. The lowest BCUT2D eigenvalue weighted by Gasteiger charge is -2.20. The van der Waals surface area contributed by atoms with E-state index in [1.807, 2.05) is 26.4 Å². The number of anilines is 1. The van der Waals surface area contributed by atoms with Gasteiger partial charge in [0.2, 0.25) is 5.91 Å². The Morgan fingerprint density at radius 2 is 1.91 bits per heavy atom. The summed E-state index contributed by atoms with van der Waals surface area (Å²) < 4.78 is 13.0. The molecule has 0 saturated heterocycles.